The molecule has 2 atom stereocenters. The van der Waals surface area contributed by atoms with Crippen molar-refractivity contribution >= 4 is 5.71 Å². The first-order chi connectivity index (χ1) is 13.5. The highest BCUT2D eigenvalue weighted by Crippen LogP contribution is 2.52. The van der Waals surface area contributed by atoms with Crippen LogP contribution in [-0.4, -0.2) is 35.8 Å². The second-order valence-corrected chi connectivity index (χ2v) is 8.43. The highest BCUT2D eigenvalue weighted by Gasteiger charge is 2.54. The molecule has 0 unspecified atom stereocenters. The molecule has 3 aliphatic rings. The van der Waals surface area contributed by atoms with Crippen molar-refractivity contribution in [1.29, 1.82) is 0 Å². The van der Waals surface area contributed by atoms with Gasteiger partial charge in [-0.3, -0.25) is 0 Å². The molecule has 0 radical (unpaired) electrons. The molecule has 3 aliphatic heterocycles. The lowest BCUT2D eigenvalue weighted by molar-refractivity contribution is -0.212. The Balaban J connectivity index is 1.62. The van der Waals surface area contributed by atoms with Crippen LogP contribution in [0, 0.1) is 0 Å². The van der Waals surface area contributed by atoms with Crippen molar-refractivity contribution in [2.45, 2.75) is 50.5 Å². The number of nitrogens with zero attached hydrogens (tertiary/aromatic N) is 2. The number of hydrazone groups is 1. The van der Waals surface area contributed by atoms with E-state index in [0.717, 1.165) is 42.0 Å². The van der Waals surface area contributed by atoms with Crippen LogP contribution in [0.4, 0.5) is 0 Å². The molecule has 0 saturated carbocycles. The molecule has 2 aromatic rings. The molecule has 1 spiro atoms. The second kappa shape index (κ2) is 6.24. The number of benzene rings is 2. The average molecular weight is 378 g/mol. The number of ether oxygens (including phenoxy) is 3. The molecule has 0 bridgehead atoms. The molecule has 1 fully saturated rings. The van der Waals surface area contributed by atoms with Crippen LogP contribution < -0.4 is 9.47 Å². The summed E-state index contributed by atoms with van der Waals surface area (Å²) in [6.07, 6.45) is 2.40. The first kappa shape index (κ1) is 17.6. The molecule has 0 aromatic heterocycles. The summed E-state index contributed by atoms with van der Waals surface area (Å²) in [5.74, 6) is 1.83. The minimum absolute atomic E-state index is 0.166. The third-order valence-corrected chi connectivity index (χ3v) is 6.01. The van der Waals surface area contributed by atoms with Crippen LogP contribution in [0.3, 0.4) is 0 Å². The van der Waals surface area contributed by atoms with Gasteiger partial charge in [-0.25, -0.2) is 5.01 Å². The van der Waals surface area contributed by atoms with Gasteiger partial charge in [-0.2, -0.15) is 5.10 Å². The smallest absolute Gasteiger partial charge is 0.203 e. The van der Waals surface area contributed by atoms with E-state index in [1.807, 2.05) is 24.3 Å². The fourth-order valence-corrected chi connectivity index (χ4v) is 4.85. The molecule has 3 heterocycles. The van der Waals surface area contributed by atoms with E-state index in [4.69, 9.17) is 19.3 Å². The number of hydrogen-bond donors (Lipinski definition) is 0. The van der Waals surface area contributed by atoms with Crippen LogP contribution in [0.15, 0.2) is 53.6 Å². The molecule has 5 nitrogen and oxygen atoms in total. The molecule has 146 valence electrons. The van der Waals surface area contributed by atoms with Gasteiger partial charge in [-0.1, -0.05) is 30.3 Å². The van der Waals surface area contributed by atoms with Gasteiger partial charge in [0.2, 0.25) is 5.72 Å². The molecule has 0 amide bonds. The lowest BCUT2D eigenvalue weighted by atomic mass is 9.86. The van der Waals surface area contributed by atoms with Gasteiger partial charge < -0.3 is 14.2 Å². The molecule has 0 aliphatic carbocycles. The van der Waals surface area contributed by atoms with Crippen molar-refractivity contribution in [2.24, 2.45) is 5.10 Å². The zero-order valence-corrected chi connectivity index (χ0v) is 16.6. The first-order valence-electron chi connectivity index (χ1n) is 9.93. The highest BCUT2D eigenvalue weighted by atomic mass is 16.5. The van der Waals surface area contributed by atoms with Crippen molar-refractivity contribution in [2.75, 3.05) is 13.7 Å². The van der Waals surface area contributed by atoms with E-state index in [1.165, 1.54) is 5.56 Å². The maximum Gasteiger partial charge on any atom is 0.203 e. The maximum absolute atomic E-state index is 6.66. The summed E-state index contributed by atoms with van der Waals surface area (Å²) in [4.78, 5) is 0. The average Bonchev–Trinajstić information content (AvgIpc) is 3.14. The van der Waals surface area contributed by atoms with Crippen LogP contribution in [0.2, 0.25) is 0 Å². The van der Waals surface area contributed by atoms with Crippen LogP contribution in [0.1, 0.15) is 50.3 Å². The van der Waals surface area contributed by atoms with Gasteiger partial charge in [-0.05, 0) is 32.0 Å². The Labute approximate surface area is 165 Å². The Hall–Kier alpha value is -2.53. The summed E-state index contributed by atoms with van der Waals surface area (Å²) in [5.41, 5.74) is 2.57. The molecule has 5 rings (SSSR count). The normalized spacial score (nSPS) is 27.6. The third kappa shape index (κ3) is 2.68. The lowest BCUT2D eigenvalue weighted by Crippen LogP contribution is -2.60. The minimum atomic E-state index is -0.482. The molecule has 5 heteroatoms. The van der Waals surface area contributed by atoms with E-state index >= 15 is 0 Å². The standard InChI is InChI=1S/C23H26N2O3/c1-22(2)15-23(12-13-27-22)25-19(17-9-5-7-11-21(17)28-23)14-18(24-25)16-8-4-6-10-20(16)26-3/h4-11,19H,12-15H2,1-3H3/t19-,23-/m1/s1. The monoisotopic (exact) mass is 378 g/mol. The van der Waals surface area contributed by atoms with E-state index < -0.39 is 5.72 Å². The van der Waals surface area contributed by atoms with Crippen molar-refractivity contribution in [3.8, 4) is 11.5 Å². The predicted molar refractivity (Wildman–Crippen MR) is 108 cm³/mol. The van der Waals surface area contributed by atoms with Crippen LogP contribution in [0.5, 0.6) is 11.5 Å². The van der Waals surface area contributed by atoms with E-state index in [9.17, 15) is 0 Å². The fourth-order valence-electron chi connectivity index (χ4n) is 4.85. The molecular formula is C23H26N2O3. The van der Waals surface area contributed by atoms with Crippen LogP contribution in [-0.2, 0) is 4.74 Å². The first-order valence-corrected chi connectivity index (χ1v) is 9.93. The second-order valence-electron chi connectivity index (χ2n) is 8.43. The highest BCUT2D eigenvalue weighted by molar-refractivity contribution is 6.04. The molecule has 0 N–H and O–H groups in total. The maximum atomic E-state index is 6.66. The summed E-state index contributed by atoms with van der Waals surface area (Å²) in [7, 11) is 1.71. The zero-order valence-electron chi connectivity index (χ0n) is 16.6. The fraction of sp³-hybridized carbons (Fsp3) is 0.435. The van der Waals surface area contributed by atoms with E-state index in [0.29, 0.717) is 6.61 Å². The van der Waals surface area contributed by atoms with Gasteiger partial charge in [-0.15, -0.1) is 0 Å². The Kier molecular flexibility index (Phi) is 3.91. The van der Waals surface area contributed by atoms with Gasteiger partial charge >= 0.3 is 0 Å². The Morgan fingerprint density at radius 1 is 1.11 bits per heavy atom. The van der Waals surface area contributed by atoms with E-state index in [2.05, 4.69) is 43.1 Å². The van der Waals surface area contributed by atoms with Crippen LogP contribution in [0.25, 0.3) is 0 Å². The minimum Gasteiger partial charge on any atom is -0.496 e. The Morgan fingerprint density at radius 3 is 2.71 bits per heavy atom. The van der Waals surface area contributed by atoms with E-state index in [1.54, 1.807) is 7.11 Å². The number of rotatable bonds is 2. The lowest BCUT2D eigenvalue weighted by Gasteiger charge is -2.52. The summed E-state index contributed by atoms with van der Waals surface area (Å²) in [6, 6.07) is 16.6. The van der Waals surface area contributed by atoms with Crippen molar-refractivity contribution in [3.05, 3.63) is 59.7 Å². The van der Waals surface area contributed by atoms with Gasteiger partial charge in [0, 0.05) is 30.4 Å². The van der Waals surface area contributed by atoms with Crippen molar-refractivity contribution in [3.63, 3.8) is 0 Å². The summed E-state index contributed by atoms with van der Waals surface area (Å²) in [5, 5.41) is 7.33. The van der Waals surface area contributed by atoms with Crippen LogP contribution >= 0.6 is 0 Å². The summed E-state index contributed by atoms with van der Waals surface area (Å²) < 4.78 is 18.3. The van der Waals surface area contributed by atoms with Gasteiger partial charge in [0.05, 0.1) is 31.1 Å². The Morgan fingerprint density at radius 2 is 1.89 bits per heavy atom. The van der Waals surface area contributed by atoms with Crippen molar-refractivity contribution < 1.29 is 14.2 Å². The number of fused-ring (bicyclic) bond motifs is 4. The molecule has 2 aromatic carbocycles. The third-order valence-electron chi connectivity index (χ3n) is 6.01. The summed E-state index contributed by atoms with van der Waals surface area (Å²) >= 11 is 0. The molecule has 1 saturated heterocycles. The van der Waals surface area contributed by atoms with Gasteiger partial charge in [0.25, 0.3) is 0 Å². The SMILES string of the molecule is COc1ccccc1C1=NN2[C@H](C1)c1ccccc1O[C@@]21CCOC(C)(C)C1. The van der Waals surface area contributed by atoms with Crippen molar-refractivity contribution in [1.82, 2.24) is 5.01 Å². The number of para-hydroxylation sites is 2. The summed E-state index contributed by atoms with van der Waals surface area (Å²) in [6.45, 7) is 4.93. The number of hydrogen-bond acceptors (Lipinski definition) is 5. The number of methoxy groups -OCH3 is 1. The Bertz CT molecular complexity index is 939. The topological polar surface area (TPSA) is 43.3 Å². The van der Waals surface area contributed by atoms with E-state index in [-0.39, 0.29) is 11.6 Å². The zero-order chi connectivity index (χ0) is 19.4. The largest absolute Gasteiger partial charge is 0.496 e. The van der Waals surface area contributed by atoms with Gasteiger partial charge in [0.15, 0.2) is 0 Å². The van der Waals surface area contributed by atoms with Gasteiger partial charge in [0.1, 0.15) is 11.5 Å². The predicted octanol–water partition coefficient (Wildman–Crippen LogP) is 4.52. The molecule has 28 heavy (non-hydrogen) atoms. The quantitative estimate of drug-likeness (QED) is 0.770. The molecular weight excluding hydrogens is 352 g/mol.